The van der Waals surface area contributed by atoms with Gasteiger partial charge in [0.25, 0.3) is 0 Å². The Morgan fingerprint density at radius 2 is 2.06 bits per heavy atom. The van der Waals surface area contributed by atoms with Gasteiger partial charge in [-0.15, -0.1) is 0 Å². The second kappa shape index (κ2) is 6.65. The molecule has 1 saturated heterocycles. The van der Waals surface area contributed by atoms with Crippen LogP contribution in [0.2, 0.25) is 0 Å². The van der Waals surface area contributed by atoms with Crippen molar-refractivity contribution in [2.45, 2.75) is 39.0 Å². The van der Waals surface area contributed by atoms with E-state index in [0.717, 1.165) is 18.8 Å². The zero-order valence-corrected chi connectivity index (χ0v) is 11.5. The SMILES string of the molecule is CC.COc1cccc(C2(C)CCCNC2)c1. The summed E-state index contributed by atoms with van der Waals surface area (Å²) >= 11 is 0. The Labute approximate surface area is 105 Å². The minimum absolute atomic E-state index is 0.271. The van der Waals surface area contributed by atoms with Crippen LogP contribution in [-0.2, 0) is 5.41 Å². The van der Waals surface area contributed by atoms with Gasteiger partial charge < -0.3 is 10.1 Å². The summed E-state index contributed by atoms with van der Waals surface area (Å²) in [5, 5.41) is 3.47. The van der Waals surface area contributed by atoms with Crippen molar-refractivity contribution in [3.63, 3.8) is 0 Å². The maximum atomic E-state index is 5.27. The molecule has 17 heavy (non-hydrogen) atoms. The zero-order valence-electron chi connectivity index (χ0n) is 11.5. The van der Waals surface area contributed by atoms with E-state index in [1.807, 2.05) is 19.9 Å². The molecule has 1 N–H and O–H groups in total. The van der Waals surface area contributed by atoms with Crippen LogP contribution in [0.5, 0.6) is 5.75 Å². The van der Waals surface area contributed by atoms with E-state index in [1.54, 1.807) is 7.11 Å². The first-order chi connectivity index (χ1) is 8.24. The molecule has 1 aliphatic rings. The van der Waals surface area contributed by atoms with E-state index >= 15 is 0 Å². The van der Waals surface area contributed by atoms with Gasteiger partial charge in [-0.3, -0.25) is 0 Å². The molecule has 2 heteroatoms. The van der Waals surface area contributed by atoms with Gasteiger partial charge in [0, 0.05) is 12.0 Å². The van der Waals surface area contributed by atoms with Crippen molar-refractivity contribution in [3.05, 3.63) is 29.8 Å². The van der Waals surface area contributed by atoms with Gasteiger partial charge in [-0.25, -0.2) is 0 Å². The number of hydrogen-bond acceptors (Lipinski definition) is 2. The van der Waals surface area contributed by atoms with Crippen LogP contribution in [0, 0.1) is 0 Å². The molecule has 1 unspecified atom stereocenters. The van der Waals surface area contributed by atoms with Crippen LogP contribution in [0.3, 0.4) is 0 Å². The van der Waals surface area contributed by atoms with E-state index in [9.17, 15) is 0 Å². The van der Waals surface area contributed by atoms with E-state index < -0.39 is 0 Å². The topological polar surface area (TPSA) is 21.3 Å². The Morgan fingerprint density at radius 3 is 2.65 bits per heavy atom. The normalized spacial score (nSPS) is 23.5. The van der Waals surface area contributed by atoms with Gasteiger partial charge in [-0.05, 0) is 37.1 Å². The summed E-state index contributed by atoms with van der Waals surface area (Å²) in [5.74, 6) is 0.958. The Kier molecular flexibility index (Phi) is 5.49. The molecule has 0 aliphatic carbocycles. The summed E-state index contributed by atoms with van der Waals surface area (Å²) in [6.07, 6.45) is 2.51. The van der Waals surface area contributed by atoms with Crippen LogP contribution >= 0.6 is 0 Å². The van der Waals surface area contributed by atoms with E-state index in [1.165, 1.54) is 18.4 Å². The van der Waals surface area contributed by atoms with Crippen molar-refractivity contribution in [2.24, 2.45) is 0 Å². The molecule has 96 valence electrons. The van der Waals surface area contributed by atoms with Gasteiger partial charge in [0.05, 0.1) is 7.11 Å². The van der Waals surface area contributed by atoms with E-state index in [4.69, 9.17) is 4.74 Å². The molecule has 1 heterocycles. The maximum absolute atomic E-state index is 5.27. The third-order valence-corrected chi connectivity index (χ3v) is 3.36. The highest BCUT2D eigenvalue weighted by molar-refractivity contribution is 5.34. The maximum Gasteiger partial charge on any atom is 0.119 e. The second-order valence-corrected chi connectivity index (χ2v) is 4.57. The standard InChI is InChI=1S/C13H19NO.C2H6/c1-13(7-4-8-14-10-13)11-5-3-6-12(9-11)15-2;1-2/h3,5-6,9,14H,4,7-8,10H2,1-2H3;1-2H3. The number of benzene rings is 1. The molecule has 0 aromatic heterocycles. The highest BCUT2D eigenvalue weighted by Crippen LogP contribution is 2.32. The fourth-order valence-electron chi connectivity index (χ4n) is 2.30. The number of nitrogens with one attached hydrogen (secondary N) is 1. The minimum atomic E-state index is 0.271. The average molecular weight is 235 g/mol. The van der Waals surface area contributed by atoms with Crippen LogP contribution in [-0.4, -0.2) is 20.2 Å². The van der Waals surface area contributed by atoms with Crippen molar-refractivity contribution in [2.75, 3.05) is 20.2 Å². The third-order valence-electron chi connectivity index (χ3n) is 3.36. The molecular formula is C15H25NO. The smallest absolute Gasteiger partial charge is 0.119 e. The summed E-state index contributed by atoms with van der Waals surface area (Å²) in [7, 11) is 1.72. The second-order valence-electron chi connectivity index (χ2n) is 4.57. The van der Waals surface area contributed by atoms with E-state index in [0.29, 0.717) is 0 Å². The van der Waals surface area contributed by atoms with Crippen molar-refractivity contribution in [3.8, 4) is 5.75 Å². The molecule has 0 amide bonds. The first-order valence-corrected chi connectivity index (χ1v) is 6.60. The monoisotopic (exact) mass is 235 g/mol. The predicted molar refractivity (Wildman–Crippen MR) is 73.8 cm³/mol. The fourth-order valence-corrected chi connectivity index (χ4v) is 2.30. The summed E-state index contributed by atoms with van der Waals surface area (Å²) in [5.41, 5.74) is 1.65. The van der Waals surface area contributed by atoms with Crippen LogP contribution in [0.25, 0.3) is 0 Å². The summed E-state index contributed by atoms with van der Waals surface area (Å²) < 4.78 is 5.27. The molecule has 0 spiro atoms. The predicted octanol–water partition coefficient (Wildman–Crippen LogP) is 3.36. The molecule has 2 rings (SSSR count). The number of piperidine rings is 1. The molecule has 0 radical (unpaired) electrons. The van der Waals surface area contributed by atoms with Crippen LogP contribution < -0.4 is 10.1 Å². The lowest BCUT2D eigenvalue weighted by molar-refractivity contribution is 0.337. The van der Waals surface area contributed by atoms with Crippen molar-refractivity contribution < 1.29 is 4.74 Å². The number of methoxy groups -OCH3 is 1. The largest absolute Gasteiger partial charge is 0.497 e. The highest BCUT2D eigenvalue weighted by Gasteiger charge is 2.28. The van der Waals surface area contributed by atoms with Crippen molar-refractivity contribution in [1.29, 1.82) is 0 Å². The van der Waals surface area contributed by atoms with E-state index in [2.05, 4.69) is 30.4 Å². The van der Waals surface area contributed by atoms with Crippen molar-refractivity contribution in [1.82, 2.24) is 5.32 Å². The van der Waals surface area contributed by atoms with Crippen molar-refractivity contribution >= 4 is 0 Å². The van der Waals surface area contributed by atoms with Crippen LogP contribution in [0.1, 0.15) is 39.2 Å². The Hall–Kier alpha value is -1.02. The molecule has 1 atom stereocenters. The van der Waals surface area contributed by atoms with Gasteiger partial charge >= 0.3 is 0 Å². The quantitative estimate of drug-likeness (QED) is 0.848. The third kappa shape index (κ3) is 3.47. The molecule has 1 aliphatic heterocycles. The highest BCUT2D eigenvalue weighted by atomic mass is 16.5. The van der Waals surface area contributed by atoms with Gasteiger partial charge in [0.15, 0.2) is 0 Å². The average Bonchev–Trinajstić information content (AvgIpc) is 2.42. The lowest BCUT2D eigenvalue weighted by atomic mass is 9.76. The van der Waals surface area contributed by atoms with Gasteiger partial charge in [0.2, 0.25) is 0 Å². The molecule has 1 aromatic rings. The molecular weight excluding hydrogens is 210 g/mol. The first-order valence-electron chi connectivity index (χ1n) is 6.60. The van der Waals surface area contributed by atoms with Gasteiger partial charge in [-0.1, -0.05) is 32.9 Å². The summed E-state index contributed by atoms with van der Waals surface area (Å²) in [4.78, 5) is 0. The van der Waals surface area contributed by atoms with Gasteiger partial charge in [-0.2, -0.15) is 0 Å². The summed E-state index contributed by atoms with van der Waals surface area (Å²) in [6, 6.07) is 8.44. The zero-order chi connectivity index (χ0) is 12.7. The minimum Gasteiger partial charge on any atom is -0.497 e. The first kappa shape index (κ1) is 14.0. The lowest BCUT2D eigenvalue weighted by Crippen LogP contribution is -2.41. The molecule has 2 nitrogen and oxygen atoms in total. The Balaban J connectivity index is 0.000000686. The summed E-state index contributed by atoms with van der Waals surface area (Å²) in [6.45, 7) is 8.55. The Morgan fingerprint density at radius 1 is 1.29 bits per heavy atom. The number of rotatable bonds is 2. The van der Waals surface area contributed by atoms with Gasteiger partial charge in [0.1, 0.15) is 5.75 Å². The molecule has 1 aromatic carbocycles. The Bertz CT molecular complexity index is 329. The fraction of sp³-hybridized carbons (Fsp3) is 0.600. The van der Waals surface area contributed by atoms with Crippen LogP contribution in [0.4, 0.5) is 0 Å². The number of hydrogen-bond donors (Lipinski definition) is 1. The number of ether oxygens (including phenoxy) is 1. The molecule has 0 saturated carbocycles. The van der Waals surface area contributed by atoms with Crippen LogP contribution in [0.15, 0.2) is 24.3 Å². The van der Waals surface area contributed by atoms with E-state index in [-0.39, 0.29) is 5.41 Å². The molecule has 0 bridgehead atoms. The molecule has 1 fully saturated rings. The lowest BCUT2D eigenvalue weighted by Gasteiger charge is -2.34.